The summed E-state index contributed by atoms with van der Waals surface area (Å²) in [6.45, 7) is 3.61. The monoisotopic (exact) mass is 849 g/mol. The highest BCUT2D eigenvalue weighted by Crippen LogP contribution is 2.39. The largest absolute Gasteiger partial charge is 0.490 e. The Morgan fingerprint density at radius 3 is 2.44 bits per heavy atom. The number of carbonyl (C=O) groups is 2. The Bertz CT molecular complexity index is 2130. The van der Waals surface area contributed by atoms with Crippen LogP contribution < -0.4 is 20.3 Å². The van der Waals surface area contributed by atoms with E-state index < -0.39 is 51.1 Å². The molecule has 1 aromatic heterocycles. The number of β-amino-alcohol motifs (C(OH)–C–C–N with tert-alkyl or cyclic N) is 1. The normalized spacial score (nSPS) is 25.2. The van der Waals surface area contributed by atoms with Crippen LogP contribution in [0, 0.1) is 5.92 Å². The molecule has 1 unspecified atom stereocenters. The van der Waals surface area contributed by atoms with Gasteiger partial charge in [-0.1, -0.05) is 12.1 Å². The summed E-state index contributed by atoms with van der Waals surface area (Å²) in [7, 11) is -4.17. The van der Waals surface area contributed by atoms with Crippen LogP contribution in [-0.4, -0.2) is 102 Å². The van der Waals surface area contributed by atoms with Crippen molar-refractivity contribution in [2.75, 3.05) is 56.0 Å². The standard InChI is InChI=1S/C40H48F5N7O6S/c1-39(55)14-3-15-51(24-39)36-32(40(43,44)45)22-46-38(49-36)47-33-12-10-29(21-31(33)35(41)42)59(56,57)52-18-16-50(17-19-52)23-25-6-8-27(9-7-25)58-28-5-2-4-26(20-28)30-11-13-34(53)48-37(30)54/h2,4-5,10,12,20-22,25,27,30,35,55H,3,6-9,11,13-19,23-24H2,1H3,(H,46,47,49)(H,48,53,54)/t25?,27?,30?,39-/m0/s1. The third-order valence-electron chi connectivity index (χ3n) is 11.6. The van der Waals surface area contributed by atoms with E-state index >= 15 is 0 Å². The molecule has 1 aliphatic carbocycles. The third-order valence-corrected chi connectivity index (χ3v) is 13.5. The van der Waals surface area contributed by atoms with Gasteiger partial charge in [-0.2, -0.15) is 22.5 Å². The van der Waals surface area contributed by atoms with Gasteiger partial charge in [0.15, 0.2) is 0 Å². The van der Waals surface area contributed by atoms with E-state index in [0.29, 0.717) is 56.6 Å². The smallest absolute Gasteiger partial charge is 0.421 e. The molecule has 2 aromatic carbocycles. The number of benzene rings is 2. The number of aromatic nitrogens is 2. The van der Waals surface area contributed by atoms with Crippen LogP contribution in [0.15, 0.2) is 53.6 Å². The van der Waals surface area contributed by atoms with Gasteiger partial charge in [0, 0.05) is 69.7 Å². The molecule has 19 heteroatoms. The lowest BCUT2D eigenvalue weighted by Gasteiger charge is -2.38. The van der Waals surface area contributed by atoms with Crippen molar-refractivity contribution >= 4 is 39.3 Å². The molecule has 3 aliphatic heterocycles. The highest BCUT2D eigenvalue weighted by Gasteiger charge is 2.40. The molecule has 0 radical (unpaired) electrons. The number of hydrogen-bond acceptors (Lipinski definition) is 11. The number of aliphatic hydroxyl groups is 1. The first-order chi connectivity index (χ1) is 27.9. The summed E-state index contributed by atoms with van der Waals surface area (Å²) in [5.41, 5.74) is -2.52. The number of hydrogen-bond donors (Lipinski definition) is 3. The van der Waals surface area contributed by atoms with Crippen LogP contribution in [0.1, 0.15) is 87.3 Å². The summed E-state index contributed by atoms with van der Waals surface area (Å²) in [6.07, 6.45) is -2.30. The molecule has 2 atom stereocenters. The molecule has 0 bridgehead atoms. The molecule has 7 rings (SSSR count). The molecular weight excluding hydrogens is 802 g/mol. The number of ether oxygens (including phenoxy) is 1. The minimum atomic E-state index is -4.82. The summed E-state index contributed by atoms with van der Waals surface area (Å²) in [5.74, 6) is -0.763. The maximum absolute atomic E-state index is 14.4. The van der Waals surface area contributed by atoms with E-state index in [1.165, 1.54) is 22.2 Å². The number of rotatable bonds is 11. The predicted octanol–water partition coefficient (Wildman–Crippen LogP) is 5.99. The highest BCUT2D eigenvalue weighted by atomic mass is 32.2. The summed E-state index contributed by atoms with van der Waals surface area (Å²) in [4.78, 5) is 34.8. The van der Waals surface area contributed by atoms with Crippen LogP contribution in [0.5, 0.6) is 5.75 Å². The molecule has 59 heavy (non-hydrogen) atoms. The van der Waals surface area contributed by atoms with Crippen LogP contribution in [0.25, 0.3) is 0 Å². The van der Waals surface area contributed by atoms with Gasteiger partial charge in [-0.3, -0.25) is 14.9 Å². The molecule has 4 fully saturated rings. The third kappa shape index (κ3) is 10.1. The predicted molar refractivity (Wildman–Crippen MR) is 207 cm³/mol. The number of sulfonamides is 1. The van der Waals surface area contributed by atoms with Crippen molar-refractivity contribution in [1.82, 2.24) is 24.5 Å². The van der Waals surface area contributed by atoms with E-state index in [1.807, 2.05) is 24.3 Å². The van der Waals surface area contributed by atoms with Crippen LogP contribution >= 0.6 is 0 Å². The van der Waals surface area contributed by atoms with Crippen molar-refractivity contribution in [2.24, 2.45) is 5.92 Å². The lowest BCUT2D eigenvalue weighted by molar-refractivity contribution is -0.138. The molecule has 320 valence electrons. The summed E-state index contributed by atoms with van der Waals surface area (Å²) in [5, 5.41) is 15.5. The van der Waals surface area contributed by atoms with E-state index in [9.17, 15) is 45.1 Å². The average molecular weight is 850 g/mol. The van der Waals surface area contributed by atoms with Crippen molar-refractivity contribution in [1.29, 1.82) is 0 Å². The molecule has 3 aromatic rings. The van der Waals surface area contributed by atoms with Crippen molar-refractivity contribution in [3.63, 3.8) is 0 Å². The molecule has 0 spiro atoms. The second-order valence-electron chi connectivity index (χ2n) is 16.2. The Morgan fingerprint density at radius 2 is 1.76 bits per heavy atom. The molecule has 3 saturated heterocycles. The first-order valence-corrected chi connectivity index (χ1v) is 21.3. The van der Waals surface area contributed by atoms with Gasteiger partial charge in [0.1, 0.15) is 17.1 Å². The number of halogens is 5. The SMILES string of the molecule is C[C@]1(O)CCCN(c2nc(Nc3ccc(S(=O)(=O)N4CCN(CC5CCC(Oc6cccc(C7CCC(=O)NC7=O)c6)CC5)CC4)cc3C(F)F)ncc2C(F)(F)F)C1. The fourth-order valence-corrected chi connectivity index (χ4v) is 9.96. The quantitative estimate of drug-likeness (QED) is 0.154. The number of carbonyl (C=O) groups excluding carboxylic acids is 2. The van der Waals surface area contributed by atoms with Crippen LogP contribution in [0.2, 0.25) is 0 Å². The number of nitrogens with one attached hydrogen (secondary N) is 2. The van der Waals surface area contributed by atoms with Crippen LogP contribution in [-0.2, 0) is 25.8 Å². The Balaban J connectivity index is 0.932. The van der Waals surface area contributed by atoms with Gasteiger partial charge in [-0.15, -0.1) is 0 Å². The minimum absolute atomic E-state index is 0.0168. The minimum Gasteiger partial charge on any atom is -0.490 e. The maximum Gasteiger partial charge on any atom is 0.421 e. The first kappa shape index (κ1) is 42.7. The van der Waals surface area contributed by atoms with Gasteiger partial charge in [0.2, 0.25) is 27.8 Å². The summed E-state index contributed by atoms with van der Waals surface area (Å²) < 4.78 is 106. The Morgan fingerprint density at radius 1 is 1.02 bits per heavy atom. The second-order valence-corrected chi connectivity index (χ2v) is 18.1. The number of piperazine rings is 1. The Hall–Kier alpha value is -4.46. The fourth-order valence-electron chi connectivity index (χ4n) is 8.50. The lowest BCUT2D eigenvalue weighted by Crippen LogP contribution is -2.50. The van der Waals surface area contributed by atoms with Gasteiger partial charge in [-0.25, -0.2) is 22.2 Å². The van der Waals surface area contributed by atoms with Crippen molar-refractivity contribution in [2.45, 2.75) is 93.4 Å². The van der Waals surface area contributed by atoms with E-state index in [0.717, 1.165) is 49.9 Å². The zero-order valence-corrected chi connectivity index (χ0v) is 33.4. The average Bonchev–Trinajstić information content (AvgIpc) is 3.18. The molecule has 4 heterocycles. The Kier molecular flexibility index (Phi) is 12.5. The van der Waals surface area contributed by atoms with Crippen molar-refractivity contribution < 1.29 is 49.8 Å². The molecule has 13 nitrogen and oxygen atoms in total. The van der Waals surface area contributed by atoms with E-state index in [1.54, 1.807) is 0 Å². The number of anilines is 3. The van der Waals surface area contributed by atoms with Crippen molar-refractivity contribution in [3.8, 4) is 5.75 Å². The fraction of sp³-hybridized carbons (Fsp3) is 0.550. The maximum atomic E-state index is 14.4. The van der Waals surface area contributed by atoms with Crippen molar-refractivity contribution in [3.05, 3.63) is 65.4 Å². The highest BCUT2D eigenvalue weighted by molar-refractivity contribution is 7.89. The number of alkyl halides is 5. The second kappa shape index (κ2) is 17.3. The topological polar surface area (TPSA) is 157 Å². The summed E-state index contributed by atoms with van der Waals surface area (Å²) >= 11 is 0. The number of nitrogens with zero attached hydrogens (tertiary/aromatic N) is 5. The Labute approximate surface area is 339 Å². The van der Waals surface area contributed by atoms with Gasteiger partial charge >= 0.3 is 6.18 Å². The molecular formula is C40H48F5N7O6S. The van der Waals surface area contributed by atoms with Gasteiger partial charge in [0.25, 0.3) is 6.43 Å². The van der Waals surface area contributed by atoms with E-state index in [-0.39, 0.29) is 60.6 Å². The molecule has 2 amide bonds. The number of piperidine rings is 2. The molecule has 1 saturated carbocycles. The zero-order valence-electron chi connectivity index (χ0n) is 32.6. The zero-order chi connectivity index (χ0) is 42.1. The van der Waals surface area contributed by atoms with E-state index in [2.05, 4.69) is 25.5 Å². The number of amides is 2. The van der Waals surface area contributed by atoms with Gasteiger partial charge in [0.05, 0.1) is 22.5 Å². The summed E-state index contributed by atoms with van der Waals surface area (Å²) in [6, 6.07) is 10.6. The number of imide groups is 1. The molecule has 4 aliphatic rings. The van der Waals surface area contributed by atoms with Gasteiger partial charge in [-0.05, 0) is 93.7 Å². The first-order valence-electron chi connectivity index (χ1n) is 19.9. The molecule has 3 N–H and O–H groups in total. The van der Waals surface area contributed by atoms with Crippen LogP contribution in [0.4, 0.5) is 39.4 Å². The van der Waals surface area contributed by atoms with Crippen LogP contribution in [0.3, 0.4) is 0 Å². The van der Waals surface area contributed by atoms with E-state index in [4.69, 9.17) is 4.74 Å². The van der Waals surface area contributed by atoms with Gasteiger partial charge < -0.3 is 25.0 Å². The lowest BCUT2D eigenvalue weighted by atomic mass is 9.86.